The predicted molar refractivity (Wildman–Crippen MR) is 174 cm³/mol. The summed E-state index contributed by atoms with van der Waals surface area (Å²) >= 11 is 6.67. The lowest BCUT2D eigenvalue weighted by molar-refractivity contribution is 0.107. The van der Waals surface area contributed by atoms with Crippen LogP contribution in [0.15, 0.2) is 23.3 Å². The topological polar surface area (TPSA) is 141 Å². The molecule has 0 spiro atoms. The van der Waals surface area contributed by atoms with Gasteiger partial charge in [0, 0.05) is 43.0 Å². The molecule has 6 heterocycles. The molecule has 244 valence electrons. The number of halogens is 2. The van der Waals surface area contributed by atoms with Gasteiger partial charge in [0.05, 0.1) is 22.6 Å². The normalized spacial score (nSPS) is 17.2. The molecule has 3 fully saturated rings. The smallest absolute Gasteiger partial charge is 0.297 e. The number of ether oxygens (including phenoxy) is 2. The molecule has 0 bridgehead atoms. The lowest BCUT2D eigenvalue weighted by atomic mass is 9.95. The van der Waals surface area contributed by atoms with E-state index >= 15 is 4.39 Å². The molecule has 0 radical (unpaired) electrons. The number of unbranched alkanes of at least 4 members (excludes halogenated alkanes) is 1. The second-order valence-corrected chi connectivity index (χ2v) is 12.1. The van der Waals surface area contributed by atoms with E-state index in [1.165, 1.54) is 32.1 Å². The molecule has 11 nitrogen and oxygen atoms in total. The standard InChI is InChI=1S/C27H30ClFN6O3.C4H9N.CH4O/c1-37-11-3-2-6-16-19(28)12-20-17(14-31-34-20)21(16)24-22(29)23-18(13-30-24)25(36)33-26(32-23)38-15-27-7-4-9-35(27)10-5-8-27;1-2-4-5-3-1;1-2/h12-14H,2-11,15H2,1H3,(H,31,34)(H,32,33,36);5H,1-4H2;2H,1H3. The van der Waals surface area contributed by atoms with Crippen molar-refractivity contribution < 1.29 is 19.0 Å². The number of nitrogens with one attached hydrogen (secondary N) is 3. The molecule has 13 heteroatoms. The monoisotopic (exact) mass is 643 g/mol. The van der Waals surface area contributed by atoms with Gasteiger partial charge in [-0.2, -0.15) is 10.1 Å². The second kappa shape index (κ2) is 15.4. The van der Waals surface area contributed by atoms with E-state index in [1.54, 1.807) is 19.4 Å². The molecule has 1 aromatic carbocycles. The first kappa shape index (κ1) is 33.2. The van der Waals surface area contributed by atoms with E-state index in [4.69, 9.17) is 26.2 Å². The maximum atomic E-state index is 16.2. The Labute approximate surface area is 266 Å². The number of H-pyrrole nitrogens is 2. The van der Waals surface area contributed by atoms with Crippen LogP contribution in [0.1, 0.15) is 56.9 Å². The Hall–Kier alpha value is -3.16. The Kier molecular flexibility index (Phi) is 11.4. The van der Waals surface area contributed by atoms with Crippen LogP contribution in [0.3, 0.4) is 0 Å². The van der Waals surface area contributed by atoms with Crippen LogP contribution in [0.2, 0.25) is 5.02 Å². The van der Waals surface area contributed by atoms with Crippen LogP contribution < -0.4 is 15.6 Å². The van der Waals surface area contributed by atoms with Gasteiger partial charge in [0.15, 0.2) is 5.82 Å². The maximum Gasteiger partial charge on any atom is 0.297 e. The molecule has 0 saturated carbocycles. The molecule has 4 aromatic rings. The number of aliphatic hydroxyl groups excluding tert-OH is 1. The minimum absolute atomic E-state index is 0.0195. The maximum absolute atomic E-state index is 16.2. The number of hydrogen-bond donors (Lipinski definition) is 4. The number of fused-ring (bicyclic) bond motifs is 3. The highest BCUT2D eigenvalue weighted by molar-refractivity contribution is 6.33. The van der Waals surface area contributed by atoms with Crippen LogP contribution in [0.4, 0.5) is 4.39 Å². The quantitative estimate of drug-likeness (QED) is 0.192. The number of rotatable bonds is 9. The molecule has 4 N–H and O–H groups in total. The van der Waals surface area contributed by atoms with E-state index in [0.717, 1.165) is 64.3 Å². The summed E-state index contributed by atoms with van der Waals surface area (Å²) in [6, 6.07) is 1.81. The number of pyridine rings is 1. The number of aliphatic hydroxyl groups is 1. The number of methoxy groups -OCH3 is 1. The zero-order valence-corrected chi connectivity index (χ0v) is 26.8. The summed E-state index contributed by atoms with van der Waals surface area (Å²) < 4.78 is 27.4. The van der Waals surface area contributed by atoms with Crippen LogP contribution in [0.5, 0.6) is 6.01 Å². The SMILES string of the molecule is C1CCNC1.CO.COCCCCc1c(Cl)cc2[nH]ncc2c1-c1ncc2c(=O)[nH]c(OCC34CCCN3CCC4)nc2c1F. The first-order valence-electron chi connectivity index (χ1n) is 15.8. The molecular formula is C32H43ClFN7O4. The van der Waals surface area contributed by atoms with Crippen molar-refractivity contribution in [3.63, 3.8) is 0 Å². The number of hydrogen-bond acceptors (Lipinski definition) is 9. The number of aromatic nitrogens is 5. The average Bonchev–Trinajstić information content (AvgIpc) is 3.87. The fourth-order valence-corrected chi connectivity index (χ4v) is 7.04. The van der Waals surface area contributed by atoms with Gasteiger partial charge in [-0.05, 0) is 95.6 Å². The second-order valence-electron chi connectivity index (χ2n) is 11.7. The van der Waals surface area contributed by atoms with Gasteiger partial charge in [-0.3, -0.25) is 24.8 Å². The van der Waals surface area contributed by atoms with Gasteiger partial charge in [0.25, 0.3) is 11.6 Å². The first-order valence-corrected chi connectivity index (χ1v) is 16.1. The lowest BCUT2D eigenvalue weighted by Gasteiger charge is -2.31. The van der Waals surface area contributed by atoms with E-state index in [1.807, 2.05) is 0 Å². The van der Waals surface area contributed by atoms with Crippen LogP contribution in [0.25, 0.3) is 33.1 Å². The fraction of sp³-hybridized carbons (Fsp3) is 0.562. The van der Waals surface area contributed by atoms with Gasteiger partial charge in [-0.15, -0.1) is 0 Å². The predicted octanol–water partition coefficient (Wildman–Crippen LogP) is 4.61. The van der Waals surface area contributed by atoms with Gasteiger partial charge in [-0.25, -0.2) is 4.39 Å². The van der Waals surface area contributed by atoms with Crippen molar-refractivity contribution in [2.45, 2.75) is 63.3 Å². The molecule has 45 heavy (non-hydrogen) atoms. The van der Waals surface area contributed by atoms with Crippen molar-refractivity contribution in [3.05, 3.63) is 45.2 Å². The van der Waals surface area contributed by atoms with Gasteiger partial charge in [-0.1, -0.05) is 11.6 Å². The van der Waals surface area contributed by atoms with E-state index in [0.29, 0.717) is 41.1 Å². The van der Waals surface area contributed by atoms with E-state index < -0.39 is 11.4 Å². The number of benzene rings is 1. The van der Waals surface area contributed by atoms with Crippen molar-refractivity contribution in [3.8, 4) is 17.3 Å². The Morgan fingerprint density at radius 2 is 1.84 bits per heavy atom. The first-order chi connectivity index (χ1) is 22.0. The van der Waals surface area contributed by atoms with Crippen molar-refractivity contribution in [1.29, 1.82) is 0 Å². The van der Waals surface area contributed by atoms with Crippen LogP contribution in [-0.2, 0) is 11.2 Å². The summed E-state index contributed by atoms with van der Waals surface area (Å²) in [4.78, 5) is 26.8. The summed E-state index contributed by atoms with van der Waals surface area (Å²) in [6.07, 6.45) is 12.4. The zero-order valence-electron chi connectivity index (χ0n) is 26.1. The number of aromatic amines is 2. The van der Waals surface area contributed by atoms with Gasteiger partial charge in [0.1, 0.15) is 17.8 Å². The van der Waals surface area contributed by atoms with Crippen LogP contribution >= 0.6 is 11.6 Å². The molecule has 3 aliphatic heterocycles. The molecule has 0 amide bonds. The van der Waals surface area contributed by atoms with Crippen molar-refractivity contribution in [2.75, 3.05) is 53.6 Å². The third kappa shape index (κ3) is 7.15. The van der Waals surface area contributed by atoms with Gasteiger partial charge < -0.3 is 19.9 Å². The highest BCUT2D eigenvalue weighted by Crippen LogP contribution is 2.40. The molecule has 7 rings (SSSR count). The molecule has 3 saturated heterocycles. The highest BCUT2D eigenvalue weighted by Gasteiger charge is 2.45. The molecule has 0 aliphatic carbocycles. The average molecular weight is 644 g/mol. The molecule has 3 aromatic heterocycles. The third-order valence-corrected chi connectivity index (χ3v) is 9.32. The summed E-state index contributed by atoms with van der Waals surface area (Å²) in [7, 11) is 2.66. The minimum Gasteiger partial charge on any atom is -0.463 e. The Morgan fingerprint density at radius 1 is 1.09 bits per heavy atom. The molecule has 3 aliphatic rings. The highest BCUT2D eigenvalue weighted by atomic mass is 35.5. The largest absolute Gasteiger partial charge is 0.463 e. The third-order valence-electron chi connectivity index (χ3n) is 8.98. The number of nitrogens with zero attached hydrogens (tertiary/aromatic N) is 4. The Bertz CT molecular complexity index is 1620. The summed E-state index contributed by atoms with van der Waals surface area (Å²) in [5.41, 5.74) is 1.47. The lowest BCUT2D eigenvalue weighted by Crippen LogP contribution is -2.43. The van der Waals surface area contributed by atoms with E-state index in [2.05, 4.69) is 35.4 Å². The van der Waals surface area contributed by atoms with E-state index in [9.17, 15) is 4.79 Å². The van der Waals surface area contributed by atoms with Crippen LogP contribution in [0, 0.1) is 5.82 Å². The van der Waals surface area contributed by atoms with Crippen molar-refractivity contribution in [1.82, 2.24) is 35.4 Å². The Balaban J connectivity index is 0.000000514. The minimum atomic E-state index is -0.692. The van der Waals surface area contributed by atoms with Crippen LogP contribution in [-0.4, -0.2) is 94.3 Å². The zero-order chi connectivity index (χ0) is 31.8. The summed E-state index contributed by atoms with van der Waals surface area (Å²) in [5.74, 6) is -0.692. The van der Waals surface area contributed by atoms with Gasteiger partial charge in [0.2, 0.25) is 0 Å². The summed E-state index contributed by atoms with van der Waals surface area (Å²) in [6.45, 7) is 5.66. The fourth-order valence-electron chi connectivity index (χ4n) is 6.74. The van der Waals surface area contributed by atoms with Crippen molar-refractivity contribution in [2.24, 2.45) is 0 Å². The van der Waals surface area contributed by atoms with E-state index in [-0.39, 0.29) is 28.1 Å². The molecular weight excluding hydrogens is 601 g/mol. The summed E-state index contributed by atoms with van der Waals surface area (Å²) in [5, 5.41) is 18.5. The van der Waals surface area contributed by atoms with Crippen molar-refractivity contribution >= 4 is 33.4 Å². The molecule has 0 unspecified atom stereocenters. The van der Waals surface area contributed by atoms with Gasteiger partial charge >= 0.3 is 0 Å². The Morgan fingerprint density at radius 3 is 2.53 bits per heavy atom. The molecule has 0 atom stereocenters.